The zero-order valence-corrected chi connectivity index (χ0v) is 21.7. The number of hydrogen-bond donors (Lipinski definition) is 1. The van der Waals surface area contributed by atoms with Crippen LogP contribution in [0.4, 0.5) is 11.6 Å². The van der Waals surface area contributed by atoms with Gasteiger partial charge in [0, 0.05) is 48.3 Å². The summed E-state index contributed by atoms with van der Waals surface area (Å²) in [6.07, 6.45) is 8.54. The van der Waals surface area contributed by atoms with Gasteiger partial charge < -0.3 is 5.32 Å². The Bertz CT molecular complexity index is 1560. The van der Waals surface area contributed by atoms with Crippen LogP contribution in [0.15, 0.2) is 60.2 Å². The van der Waals surface area contributed by atoms with E-state index in [1.807, 2.05) is 16.8 Å². The van der Waals surface area contributed by atoms with E-state index in [1.165, 1.54) is 30.6 Å². The summed E-state index contributed by atoms with van der Waals surface area (Å²) in [6.45, 7) is 13.1. The number of nitrogens with zero attached hydrogens (tertiary/aromatic N) is 6. The van der Waals surface area contributed by atoms with Crippen LogP contribution < -0.4 is 10.9 Å². The quantitative estimate of drug-likeness (QED) is 0.316. The molecule has 1 aromatic carbocycles. The average Bonchev–Trinajstić information content (AvgIpc) is 3.70. The number of allylic oxidation sites excluding steroid dienone is 1. The van der Waals surface area contributed by atoms with Gasteiger partial charge in [0.05, 0.1) is 12.2 Å². The smallest absolute Gasteiger partial charge is 0.278 e. The molecule has 4 aromatic rings. The topological polar surface area (TPSA) is 80.6 Å². The molecule has 6 rings (SSSR count). The Morgan fingerprint density at radius 2 is 1.97 bits per heavy atom. The lowest BCUT2D eigenvalue weighted by atomic mass is 9.88. The molecule has 1 fully saturated rings. The fourth-order valence-electron chi connectivity index (χ4n) is 5.28. The van der Waals surface area contributed by atoms with Gasteiger partial charge in [0.15, 0.2) is 5.65 Å². The van der Waals surface area contributed by atoms with Crippen LogP contribution in [-0.4, -0.2) is 48.3 Å². The number of aromatic nitrogens is 5. The molecule has 8 nitrogen and oxygen atoms in total. The van der Waals surface area contributed by atoms with E-state index in [-0.39, 0.29) is 11.0 Å². The maximum Gasteiger partial charge on any atom is 0.278 e. The summed E-state index contributed by atoms with van der Waals surface area (Å²) in [5.41, 5.74) is 5.83. The highest BCUT2D eigenvalue weighted by molar-refractivity contribution is 5.77. The molecule has 4 heterocycles. The molecular weight excluding hydrogens is 462 g/mol. The molecule has 190 valence electrons. The van der Waals surface area contributed by atoms with Crippen molar-refractivity contribution < 1.29 is 0 Å². The Kier molecular flexibility index (Phi) is 5.71. The van der Waals surface area contributed by atoms with Gasteiger partial charge in [-0.25, -0.2) is 14.3 Å². The van der Waals surface area contributed by atoms with E-state index < -0.39 is 0 Å². The average molecular weight is 496 g/mol. The van der Waals surface area contributed by atoms with Crippen LogP contribution in [-0.2, 0) is 24.8 Å². The molecule has 0 amide bonds. The molecule has 1 atom stereocenters. The molecule has 2 aliphatic rings. The molecule has 3 aromatic heterocycles. The normalized spacial score (nSPS) is 17.5. The van der Waals surface area contributed by atoms with Gasteiger partial charge in [-0.15, -0.1) is 6.58 Å². The van der Waals surface area contributed by atoms with Crippen molar-refractivity contribution in [2.45, 2.75) is 58.0 Å². The first-order chi connectivity index (χ1) is 17.8. The van der Waals surface area contributed by atoms with Crippen molar-refractivity contribution in [2.24, 2.45) is 0 Å². The lowest BCUT2D eigenvalue weighted by Gasteiger charge is -2.26. The summed E-state index contributed by atoms with van der Waals surface area (Å²) >= 11 is 0. The highest BCUT2D eigenvalue weighted by atomic mass is 16.1. The summed E-state index contributed by atoms with van der Waals surface area (Å²) < 4.78 is 3.49. The highest BCUT2D eigenvalue weighted by Gasteiger charge is 2.30. The third-order valence-electron chi connectivity index (χ3n) is 7.40. The number of rotatable bonds is 6. The van der Waals surface area contributed by atoms with Crippen molar-refractivity contribution in [1.29, 1.82) is 0 Å². The van der Waals surface area contributed by atoms with E-state index in [0.717, 1.165) is 29.9 Å². The van der Waals surface area contributed by atoms with Crippen LogP contribution in [0.25, 0.3) is 16.7 Å². The lowest BCUT2D eigenvalue weighted by molar-refractivity contribution is 0.359. The van der Waals surface area contributed by atoms with Gasteiger partial charge in [0.25, 0.3) is 5.56 Å². The van der Waals surface area contributed by atoms with Gasteiger partial charge in [-0.05, 0) is 54.7 Å². The van der Waals surface area contributed by atoms with E-state index in [4.69, 9.17) is 4.98 Å². The summed E-state index contributed by atoms with van der Waals surface area (Å²) in [4.78, 5) is 29.7. The molecule has 0 bridgehead atoms. The van der Waals surface area contributed by atoms with Gasteiger partial charge >= 0.3 is 0 Å². The van der Waals surface area contributed by atoms with Crippen LogP contribution in [0.3, 0.4) is 0 Å². The Hall–Kier alpha value is -3.78. The number of pyridine rings is 1. The molecule has 1 saturated heterocycles. The second-order valence-electron chi connectivity index (χ2n) is 11.1. The van der Waals surface area contributed by atoms with Crippen molar-refractivity contribution >= 4 is 22.7 Å². The third-order valence-corrected chi connectivity index (χ3v) is 7.40. The number of nitrogens with one attached hydrogen (secondary N) is 1. The molecule has 0 spiro atoms. The molecule has 1 aliphatic heterocycles. The van der Waals surface area contributed by atoms with Crippen LogP contribution in [0.5, 0.6) is 0 Å². The van der Waals surface area contributed by atoms with Gasteiger partial charge in [0.2, 0.25) is 5.95 Å². The van der Waals surface area contributed by atoms with Crippen LogP contribution in [0.2, 0.25) is 0 Å². The monoisotopic (exact) mass is 495 g/mol. The van der Waals surface area contributed by atoms with Gasteiger partial charge in [-0.2, -0.15) is 4.98 Å². The molecule has 37 heavy (non-hydrogen) atoms. The fourth-order valence-corrected chi connectivity index (χ4v) is 5.28. The molecule has 1 N–H and O–H groups in total. The first-order valence-corrected chi connectivity index (χ1v) is 13.0. The number of anilines is 2. The van der Waals surface area contributed by atoms with Crippen LogP contribution in [0.1, 0.15) is 44.0 Å². The summed E-state index contributed by atoms with van der Waals surface area (Å²) in [5, 5.41) is 3.84. The molecule has 1 unspecified atom stereocenters. The number of aryl methyl sites for hydroxylation is 1. The maximum absolute atomic E-state index is 13.3. The molecular formula is C29H33N7O. The first kappa shape index (κ1) is 23.6. The molecule has 0 radical (unpaired) electrons. The Morgan fingerprint density at radius 1 is 1.14 bits per heavy atom. The van der Waals surface area contributed by atoms with E-state index in [1.54, 1.807) is 23.2 Å². The van der Waals surface area contributed by atoms with Crippen molar-refractivity contribution in [3.05, 3.63) is 82.6 Å². The third kappa shape index (κ3) is 4.46. The van der Waals surface area contributed by atoms with Crippen LogP contribution in [0, 0.1) is 0 Å². The van der Waals surface area contributed by atoms with Gasteiger partial charge in [-0.1, -0.05) is 32.9 Å². The zero-order valence-electron chi connectivity index (χ0n) is 21.7. The first-order valence-electron chi connectivity index (χ1n) is 13.0. The van der Waals surface area contributed by atoms with E-state index in [2.05, 4.69) is 65.7 Å². The number of fused-ring (bicyclic) bond motifs is 2. The summed E-state index contributed by atoms with van der Waals surface area (Å²) in [7, 11) is 0. The van der Waals surface area contributed by atoms with E-state index >= 15 is 0 Å². The Morgan fingerprint density at radius 3 is 2.73 bits per heavy atom. The minimum Gasteiger partial charge on any atom is -0.324 e. The van der Waals surface area contributed by atoms with Crippen molar-refractivity contribution in [3.8, 4) is 5.69 Å². The zero-order chi connectivity index (χ0) is 25.7. The van der Waals surface area contributed by atoms with Crippen molar-refractivity contribution in [1.82, 2.24) is 29.2 Å². The largest absolute Gasteiger partial charge is 0.324 e. The van der Waals surface area contributed by atoms with E-state index in [9.17, 15) is 4.79 Å². The minimum atomic E-state index is -0.148. The summed E-state index contributed by atoms with van der Waals surface area (Å²) in [6, 6.07) is 11.2. The Balaban J connectivity index is 1.38. The second kappa shape index (κ2) is 8.95. The predicted octanol–water partition coefficient (Wildman–Crippen LogP) is 4.38. The van der Waals surface area contributed by atoms with Crippen molar-refractivity contribution in [2.75, 3.05) is 18.4 Å². The summed E-state index contributed by atoms with van der Waals surface area (Å²) in [5.74, 6) is 0.458. The lowest BCUT2D eigenvalue weighted by Crippen LogP contribution is -2.26. The number of benzene rings is 1. The SMILES string of the molecule is C=CCn1c(=O)c2cnc(Nc3ccc4c(c3)CCC(N3CC3)C4)nc2n1-c1ccnc(C(C)(C)C)c1. The minimum absolute atomic E-state index is 0.132. The Labute approximate surface area is 216 Å². The maximum atomic E-state index is 13.3. The van der Waals surface area contributed by atoms with Crippen LogP contribution >= 0.6 is 0 Å². The van der Waals surface area contributed by atoms with Crippen molar-refractivity contribution in [3.63, 3.8) is 0 Å². The van der Waals surface area contributed by atoms with Gasteiger partial charge in [0.1, 0.15) is 5.39 Å². The molecule has 0 saturated carbocycles. The standard InChI is InChI=1S/C29H33N7O/c1-5-12-35-27(37)24-18-31-28(33-26(24)36(35)23-10-11-30-25(17-23)29(2,3)4)32-21-8-6-20-16-22(34-13-14-34)9-7-19(20)15-21/h5-6,8,10-11,15,17-18,22H,1,7,9,12-14,16H2,2-4H3,(H,31,32,33). The number of hydrogen-bond acceptors (Lipinski definition) is 6. The van der Waals surface area contributed by atoms with Gasteiger partial charge in [-0.3, -0.25) is 14.7 Å². The molecule has 1 aliphatic carbocycles. The fraction of sp³-hybridized carbons (Fsp3) is 0.379. The predicted molar refractivity (Wildman–Crippen MR) is 147 cm³/mol. The second-order valence-corrected chi connectivity index (χ2v) is 11.1. The van der Waals surface area contributed by atoms with E-state index in [0.29, 0.717) is 29.6 Å². The highest BCUT2D eigenvalue weighted by Crippen LogP contribution is 2.30. The molecule has 8 heteroatoms.